The summed E-state index contributed by atoms with van der Waals surface area (Å²) < 4.78 is 6.77. The standard InChI is InChI=1S/C46H52OSi/c1-12-25-47-43-41(46(7,8)9)28-34(45(4,5)6)29-42(43)48(10,11)44-39-26-32(35-19-15-13-17-30(35)2)21-23-37(39)38-24-22-33(27-40(38)44)36-20-16-14-18-31(36)3/h12-24,26-29,44H,1,25H2,2-11H3. The molecule has 0 amide bonds. The molecule has 0 fully saturated rings. The lowest BCUT2D eigenvalue weighted by Crippen LogP contribution is -2.49. The molecule has 0 atom stereocenters. The fourth-order valence-electron chi connectivity index (χ4n) is 7.72. The highest BCUT2D eigenvalue weighted by Gasteiger charge is 2.45. The van der Waals surface area contributed by atoms with Crippen molar-refractivity contribution >= 4 is 13.3 Å². The van der Waals surface area contributed by atoms with Crippen molar-refractivity contribution in [3.8, 4) is 39.1 Å². The number of benzene rings is 5. The molecule has 0 radical (unpaired) electrons. The molecule has 0 aliphatic heterocycles. The summed E-state index contributed by atoms with van der Waals surface area (Å²) in [5.41, 5.74) is 16.2. The highest BCUT2D eigenvalue weighted by molar-refractivity contribution is 6.92. The Morgan fingerprint density at radius 3 is 1.58 bits per heavy atom. The van der Waals surface area contributed by atoms with E-state index in [0.29, 0.717) is 6.61 Å². The van der Waals surface area contributed by atoms with Crippen molar-refractivity contribution < 1.29 is 4.74 Å². The number of aryl methyl sites for hydroxylation is 2. The van der Waals surface area contributed by atoms with Crippen LogP contribution in [-0.4, -0.2) is 14.7 Å². The van der Waals surface area contributed by atoms with E-state index in [0.717, 1.165) is 5.75 Å². The predicted octanol–water partition coefficient (Wildman–Crippen LogP) is 12.1. The average Bonchev–Trinajstić information content (AvgIpc) is 3.36. The van der Waals surface area contributed by atoms with Crippen LogP contribution in [0.15, 0.2) is 110 Å². The molecule has 0 bridgehead atoms. The van der Waals surface area contributed by atoms with Gasteiger partial charge < -0.3 is 4.74 Å². The van der Waals surface area contributed by atoms with Gasteiger partial charge in [-0.2, -0.15) is 0 Å². The summed E-state index contributed by atoms with van der Waals surface area (Å²) in [7, 11) is -2.40. The maximum absolute atomic E-state index is 6.77. The van der Waals surface area contributed by atoms with E-state index in [1.165, 1.54) is 71.9 Å². The minimum Gasteiger partial charge on any atom is -0.489 e. The zero-order valence-electron chi connectivity index (χ0n) is 30.7. The fourth-order valence-corrected chi connectivity index (χ4v) is 11.4. The van der Waals surface area contributed by atoms with Crippen LogP contribution >= 0.6 is 0 Å². The molecular weight excluding hydrogens is 597 g/mol. The lowest BCUT2D eigenvalue weighted by Gasteiger charge is -2.37. The summed E-state index contributed by atoms with van der Waals surface area (Å²) in [6.07, 6.45) is 1.88. The van der Waals surface area contributed by atoms with Crippen LogP contribution in [0.3, 0.4) is 0 Å². The number of rotatable bonds is 7. The van der Waals surface area contributed by atoms with E-state index in [-0.39, 0.29) is 16.4 Å². The molecule has 5 aromatic carbocycles. The van der Waals surface area contributed by atoms with Crippen LogP contribution in [0.25, 0.3) is 33.4 Å². The van der Waals surface area contributed by atoms with Crippen molar-refractivity contribution in [1.82, 2.24) is 0 Å². The summed E-state index contributed by atoms with van der Waals surface area (Å²) in [5.74, 6) is 1.06. The number of ether oxygens (including phenoxy) is 1. The molecule has 1 aliphatic carbocycles. The Kier molecular flexibility index (Phi) is 8.71. The van der Waals surface area contributed by atoms with Gasteiger partial charge in [0.15, 0.2) is 0 Å². The van der Waals surface area contributed by atoms with E-state index < -0.39 is 8.07 Å². The van der Waals surface area contributed by atoms with E-state index in [1.807, 2.05) is 6.08 Å². The van der Waals surface area contributed by atoms with Gasteiger partial charge in [0.05, 0.1) is 8.07 Å². The molecular formula is C46H52OSi. The molecule has 6 rings (SSSR count). The van der Waals surface area contributed by atoms with Crippen molar-refractivity contribution in [3.05, 3.63) is 143 Å². The van der Waals surface area contributed by atoms with Crippen molar-refractivity contribution in [1.29, 1.82) is 0 Å². The molecule has 0 saturated carbocycles. The molecule has 0 unspecified atom stereocenters. The zero-order valence-corrected chi connectivity index (χ0v) is 31.7. The van der Waals surface area contributed by atoms with Crippen LogP contribution < -0.4 is 9.92 Å². The third-order valence-corrected chi connectivity index (χ3v) is 14.3. The first-order valence-electron chi connectivity index (χ1n) is 17.5. The van der Waals surface area contributed by atoms with E-state index in [4.69, 9.17) is 4.74 Å². The summed E-state index contributed by atoms with van der Waals surface area (Å²) >= 11 is 0. The lowest BCUT2D eigenvalue weighted by molar-refractivity contribution is 0.353. The van der Waals surface area contributed by atoms with Gasteiger partial charge in [-0.1, -0.05) is 164 Å². The Hall–Kier alpha value is -4.14. The predicted molar refractivity (Wildman–Crippen MR) is 211 cm³/mol. The SMILES string of the molecule is C=CCOc1c(C(C)(C)C)cc(C(C)(C)C)cc1[Si](C)(C)C1c2cc(-c3ccccc3C)ccc2-c2ccc(-c3ccccc3C)cc21. The van der Waals surface area contributed by atoms with E-state index >= 15 is 0 Å². The molecule has 1 aliphatic rings. The number of fused-ring (bicyclic) bond motifs is 3. The number of hydrogen-bond acceptors (Lipinski definition) is 1. The zero-order chi connectivity index (χ0) is 34.6. The first-order valence-corrected chi connectivity index (χ1v) is 20.5. The quantitative estimate of drug-likeness (QED) is 0.126. The second kappa shape index (κ2) is 12.4. The molecule has 246 valence electrons. The highest BCUT2D eigenvalue weighted by atomic mass is 28.3. The van der Waals surface area contributed by atoms with Crippen molar-refractivity contribution in [2.24, 2.45) is 0 Å². The van der Waals surface area contributed by atoms with Crippen LogP contribution in [0.4, 0.5) is 0 Å². The van der Waals surface area contributed by atoms with Crippen LogP contribution in [0.1, 0.15) is 80.5 Å². The van der Waals surface area contributed by atoms with Gasteiger partial charge in [-0.25, -0.2) is 0 Å². The Labute approximate surface area is 290 Å². The van der Waals surface area contributed by atoms with Crippen LogP contribution in [0, 0.1) is 13.8 Å². The van der Waals surface area contributed by atoms with Crippen molar-refractivity contribution in [2.75, 3.05) is 6.61 Å². The highest BCUT2D eigenvalue weighted by Crippen LogP contribution is 2.52. The minimum absolute atomic E-state index is 0.00228. The van der Waals surface area contributed by atoms with Gasteiger partial charge in [0, 0.05) is 5.54 Å². The van der Waals surface area contributed by atoms with Gasteiger partial charge in [0.1, 0.15) is 12.4 Å². The third kappa shape index (κ3) is 6.01. The topological polar surface area (TPSA) is 9.23 Å². The van der Waals surface area contributed by atoms with E-state index in [2.05, 4.69) is 172 Å². The second-order valence-electron chi connectivity index (χ2n) is 16.4. The van der Waals surface area contributed by atoms with Gasteiger partial charge >= 0.3 is 0 Å². The monoisotopic (exact) mass is 648 g/mol. The van der Waals surface area contributed by atoms with Gasteiger partial charge in [0.25, 0.3) is 0 Å². The normalized spacial score (nSPS) is 13.3. The molecule has 1 nitrogen and oxygen atoms in total. The Balaban J connectivity index is 1.66. The van der Waals surface area contributed by atoms with Gasteiger partial charge in [-0.3, -0.25) is 0 Å². The van der Waals surface area contributed by atoms with E-state index in [9.17, 15) is 0 Å². The van der Waals surface area contributed by atoms with Crippen molar-refractivity contribution in [3.63, 3.8) is 0 Å². The molecule has 5 aromatic rings. The average molecular weight is 649 g/mol. The number of hydrogen-bond donors (Lipinski definition) is 0. The van der Waals surface area contributed by atoms with Crippen LogP contribution in [0.5, 0.6) is 5.75 Å². The molecule has 0 aromatic heterocycles. The molecule has 0 saturated heterocycles. The van der Waals surface area contributed by atoms with Gasteiger partial charge in [-0.05, 0) is 96.6 Å². The first kappa shape index (κ1) is 33.7. The summed E-state index contributed by atoms with van der Waals surface area (Å²) in [5, 5.41) is 1.40. The van der Waals surface area contributed by atoms with Crippen LogP contribution in [-0.2, 0) is 10.8 Å². The van der Waals surface area contributed by atoms with Crippen molar-refractivity contribution in [2.45, 2.75) is 84.9 Å². The maximum Gasteiger partial charge on any atom is 0.122 e. The summed E-state index contributed by atoms with van der Waals surface area (Å²) in [4.78, 5) is 0. The molecule has 0 spiro atoms. The summed E-state index contributed by atoms with van der Waals surface area (Å²) in [6.45, 7) is 28.1. The van der Waals surface area contributed by atoms with E-state index in [1.54, 1.807) is 0 Å². The fraction of sp³-hybridized carbons (Fsp3) is 0.304. The third-order valence-electron chi connectivity index (χ3n) is 10.5. The van der Waals surface area contributed by atoms with Crippen LogP contribution in [0.2, 0.25) is 13.1 Å². The Bertz CT molecular complexity index is 1920. The molecule has 48 heavy (non-hydrogen) atoms. The first-order chi connectivity index (χ1) is 22.6. The molecule has 0 heterocycles. The lowest BCUT2D eigenvalue weighted by atomic mass is 9.80. The largest absolute Gasteiger partial charge is 0.489 e. The van der Waals surface area contributed by atoms with Gasteiger partial charge in [0.2, 0.25) is 0 Å². The summed E-state index contributed by atoms with van der Waals surface area (Å²) in [6, 6.07) is 36.9. The minimum atomic E-state index is -2.40. The Morgan fingerprint density at radius 2 is 1.15 bits per heavy atom. The smallest absolute Gasteiger partial charge is 0.122 e. The maximum atomic E-state index is 6.77. The second-order valence-corrected chi connectivity index (χ2v) is 20.9. The van der Waals surface area contributed by atoms with Gasteiger partial charge in [-0.15, -0.1) is 0 Å². The molecule has 2 heteroatoms. The Morgan fingerprint density at radius 1 is 0.646 bits per heavy atom. The molecule has 0 N–H and O–H groups in total.